The zero-order valence-corrected chi connectivity index (χ0v) is 16.4. The molecule has 1 aromatic heterocycles. The van der Waals surface area contributed by atoms with Crippen LogP contribution in [0.5, 0.6) is 5.88 Å². The summed E-state index contributed by atoms with van der Waals surface area (Å²) in [5, 5.41) is 14.7. The molecule has 0 fully saturated rings. The van der Waals surface area contributed by atoms with Crippen molar-refractivity contribution in [3.8, 4) is 5.88 Å². The fourth-order valence-electron chi connectivity index (χ4n) is 3.21. The number of amides is 1. The van der Waals surface area contributed by atoms with E-state index in [4.69, 9.17) is 16.6 Å². The fourth-order valence-corrected chi connectivity index (χ4v) is 3.33. The fraction of sp³-hybridized carbons (Fsp3) is 0.0435. The summed E-state index contributed by atoms with van der Waals surface area (Å²) in [5.74, 6) is -0.208. The summed E-state index contributed by atoms with van der Waals surface area (Å²) in [6.45, 7) is 0. The van der Waals surface area contributed by atoms with Gasteiger partial charge >= 0.3 is 0 Å². The van der Waals surface area contributed by atoms with Crippen LogP contribution >= 0.6 is 11.6 Å². The molecule has 4 rings (SSSR count). The molecule has 0 unspecified atom stereocenters. The van der Waals surface area contributed by atoms with Gasteiger partial charge in [-0.1, -0.05) is 41.9 Å². The van der Waals surface area contributed by atoms with E-state index >= 15 is 0 Å². The Kier molecular flexibility index (Phi) is 5.06. The van der Waals surface area contributed by atoms with Crippen LogP contribution in [0.3, 0.4) is 0 Å². The molecule has 0 atom stereocenters. The van der Waals surface area contributed by atoms with Crippen LogP contribution in [0.2, 0.25) is 5.02 Å². The molecule has 6 heteroatoms. The van der Waals surface area contributed by atoms with E-state index in [9.17, 15) is 9.90 Å². The van der Waals surface area contributed by atoms with E-state index in [0.717, 1.165) is 5.56 Å². The Bertz CT molecular complexity index is 1210. The van der Waals surface area contributed by atoms with E-state index in [2.05, 4.69) is 10.3 Å². The number of benzene rings is 3. The number of aromatic hydroxyl groups is 1. The molecule has 0 radical (unpaired) electrons. The number of halogens is 1. The maximum Gasteiger partial charge on any atom is 0.251 e. The summed E-state index contributed by atoms with van der Waals surface area (Å²) in [7, 11) is 1.58. The number of aromatic amines is 1. The lowest BCUT2D eigenvalue weighted by atomic mass is 9.99. The molecular formula is C23H18ClN3O2. The van der Waals surface area contributed by atoms with Crippen LogP contribution in [-0.2, 0) is 0 Å². The highest BCUT2D eigenvalue weighted by molar-refractivity contribution is 6.30. The van der Waals surface area contributed by atoms with Gasteiger partial charge in [0, 0.05) is 34.1 Å². The Morgan fingerprint density at radius 1 is 1.00 bits per heavy atom. The predicted molar refractivity (Wildman–Crippen MR) is 117 cm³/mol. The number of aliphatic imine (C=N–C) groups is 1. The average molecular weight is 404 g/mol. The molecule has 0 saturated heterocycles. The highest BCUT2D eigenvalue weighted by Crippen LogP contribution is 2.32. The van der Waals surface area contributed by atoms with E-state index in [-0.39, 0.29) is 11.8 Å². The normalized spacial score (nSPS) is 11.6. The smallest absolute Gasteiger partial charge is 0.251 e. The highest BCUT2D eigenvalue weighted by atomic mass is 35.5. The van der Waals surface area contributed by atoms with Crippen LogP contribution in [-0.4, -0.2) is 28.8 Å². The van der Waals surface area contributed by atoms with Gasteiger partial charge in [0.15, 0.2) is 5.88 Å². The Hall–Kier alpha value is -3.57. The standard InChI is InChI=1S/C23H18ClN3O2/c1-25-22(28)15-7-12-19-18(13-15)20(23(29)27-19)21(14-5-3-2-4-6-14)26-17-10-8-16(24)9-11-17/h2-13,27,29H,1H3,(H,25,28). The van der Waals surface area contributed by atoms with Crippen LogP contribution in [0, 0.1) is 0 Å². The van der Waals surface area contributed by atoms with Crippen molar-refractivity contribution in [3.63, 3.8) is 0 Å². The predicted octanol–water partition coefficient (Wildman–Crippen LogP) is 5.06. The molecular weight excluding hydrogens is 386 g/mol. The molecule has 0 spiro atoms. The number of aromatic nitrogens is 1. The molecule has 3 aromatic carbocycles. The molecule has 1 amide bonds. The quantitative estimate of drug-likeness (QED) is 0.417. The van der Waals surface area contributed by atoms with E-state index in [1.807, 2.05) is 42.5 Å². The van der Waals surface area contributed by atoms with Crippen molar-refractivity contribution in [2.75, 3.05) is 7.05 Å². The van der Waals surface area contributed by atoms with Crippen molar-refractivity contribution in [2.45, 2.75) is 0 Å². The number of fused-ring (bicyclic) bond motifs is 1. The highest BCUT2D eigenvalue weighted by Gasteiger charge is 2.19. The minimum atomic E-state index is -0.200. The lowest BCUT2D eigenvalue weighted by molar-refractivity contribution is 0.0963. The number of nitrogens with zero attached hydrogens (tertiary/aromatic N) is 1. The molecule has 0 bridgehead atoms. The molecule has 1 heterocycles. The summed E-state index contributed by atoms with van der Waals surface area (Å²) in [6, 6.07) is 22.0. The third-order valence-corrected chi connectivity index (χ3v) is 4.87. The van der Waals surface area contributed by atoms with Crippen molar-refractivity contribution in [3.05, 3.63) is 94.5 Å². The number of H-pyrrole nitrogens is 1. The number of rotatable bonds is 4. The van der Waals surface area contributed by atoms with Gasteiger partial charge in [0.05, 0.1) is 17.0 Å². The lowest BCUT2D eigenvalue weighted by Gasteiger charge is -2.08. The minimum Gasteiger partial charge on any atom is -0.494 e. The summed E-state index contributed by atoms with van der Waals surface area (Å²) in [4.78, 5) is 19.9. The molecule has 5 nitrogen and oxygen atoms in total. The van der Waals surface area contributed by atoms with E-state index < -0.39 is 0 Å². The molecule has 29 heavy (non-hydrogen) atoms. The van der Waals surface area contributed by atoms with E-state index in [0.29, 0.717) is 38.5 Å². The maximum atomic E-state index is 12.1. The van der Waals surface area contributed by atoms with Gasteiger partial charge < -0.3 is 15.4 Å². The maximum absolute atomic E-state index is 12.1. The third kappa shape index (κ3) is 3.73. The van der Waals surface area contributed by atoms with Gasteiger partial charge in [0.25, 0.3) is 5.91 Å². The molecule has 0 saturated carbocycles. The molecule has 0 aliphatic carbocycles. The van der Waals surface area contributed by atoms with Gasteiger partial charge in [0.2, 0.25) is 0 Å². The second kappa shape index (κ2) is 7.81. The first kappa shape index (κ1) is 18.8. The summed E-state index contributed by atoms with van der Waals surface area (Å²) in [5.41, 5.74) is 3.87. The first-order valence-electron chi connectivity index (χ1n) is 9.03. The number of carbonyl (C=O) groups excluding carboxylic acids is 1. The SMILES string of the molecule is CNC(=O)c1ccc2[nH]c(O)c(C(=Nc3ccc(Cl)cc3)c3ccccc3)c2c1. The molecule has 144 valence electrons. The Morgan fingerprint density at radius 2 is 1.72 bits per heavy atom. The van der Waals surface area contributed by atoms with Gasteiger partial charge in [-0.15, -0.1) is 0 Å². The largest absolute Gasteiger partial charge is 0.494 e. The monoisotopic (exact) mass is 403 g/mol. The zero-order chi connectivity index (χ0) is 20.4. The third-order valence-electron chi connectivity index (χ3n) is 4.62. The van der Waals surface area contributed by atoms with Gasteiger partial charge in [-0.2, -0.15) is 0 Å². The molecule has 4 aromatic rings. The second-order valence-corrected chi connectivity index (χ2v) is 6.93. The van der Waals surface area contributed by atoms with Gasteiger partial charge in [-0.3, -0.25) is 4.79 Å². The van der Waals surface area contributed by atoms with Crippen LogP contribution in [0.15, 0.2) is 77.8 Å². The molecule has 3 N–H and O–H groups in total. The van der Waals surface area contributed by atoms with Crippen molar-refractivity contribution in [1.82, 2.24) is 10.3 Å². The number of carbonyl (C=O) groups is 1. The van der Waals surface area contributed by atoms with Crippen molar-refractivity contribution < 1.29 is 9.90 Å². The van der Waals surface area contributed by atoms with Crippen molar-refractivity contribution in [1.29, 1.82) is 0 Å². The average Bonchev–Trinajstić information content (AvgIpc) is 3.08. The van der Waals surface area contributed by atoms with Gasteiger partial charge in [-0.25, -0.2) is 4.99 Å². The lowest BCUT2D eigenvalue weighted by Crippen LogP contribution is -2.17. The molecule has 0 aliphatic heterocycles. The van der Waals surface area contributed by atoms with E-state index in [1.165, 1.54) is 0 Å². The summed E-state index contributed by atoms with van der Waals surface area (Å²) >= 11 is 6.00. The molecule has 0 aliphatic rings. The number of hydrogen-bond donors (Lipinski definition) is 3. The number of nitrogens with one attached hydrogen (secondary N) is 2. The van der Waals surface area contributed by atoms with Crippen LogP contribution in [0.1, 0.15) is 21.5 Å². The topological polar surface area (TPSA) is 77.5 Å². The summed E-state index contributed by atoms with van der Waals surface area (Å²) < 4.78 is 0. The Morgan fingerprint density at radius 3 is 2.41 bits per heavy atom. The first-order valence-corrected chi connectivity index (χ1v) is 9.41. The summed E-state index contributed by atoms with van der Waals surface area (Å²) in [6.07, 6.45) is 0. The number of hydrogen-bond acceptors (Lipinski definition) is 3. The first-order chi connectivity index (χ1) is 14.1. The zero-order valence-electron chi connectivity index (χ0n) is 15.6. The van der Waals surface area contributed by atoms with E-state index in [1.54, 1.807) is 37.4 Å². The van der Waals surface area contributed by atoms with Crippen molar-refractivity contribution >= 4 is 39.8 Å². The van der Waals surface area contributed by atoms with Crippen LogP contribution < -0.4 is 5.32 Å². The van der Waals surface area contributed by atoms with Crippen LogP contribution in [0.25, 0.3) is 10.9 Å². The van der Waals surface area contributed by atoms with Gasteiger partial charge in [0.1, 0.15) is 0 Å². The second-order valence-electron chi connectivity index (χ2n) is 6.49. The van der Waals surface area contributed by atoms with Gasteiger partial charge in [-0.05, 0) is 42.5 Å². The van der Waals surface area contributed by atoms with Crippen LogP contribution in [0.4, 0.5) is 5.69 Å². The Labute approximate surface area is 172 Å². The minimum absolute atomic E-state index is 0.00868. The van der Waals surface area contributed by atoms with Crippen molar-refractivity contribution in [2.24, 2.45) is 4.99 Å². The Balaban J connectivity index is 1.97.